The van der Waals surface area contributed by atoms with Crippen molar-refractivity contribution in [3.05, 3.63) is 88.4 Å². The van der Waals surface area contributed by atoms with Gasteiger partial charge in [-0.05, 0) is 40.2 Å². The number of rotatable bonds is 2. The van der Waals surface area contributed by atoms with Gasteiger partial charge >= 0.3 is 0 Å². The Labute approximate surface area is 148 Å². The molecular weight excluding hydrogens is 366 g/mol. The maximum absolute atomic E-state index is 13.1. The van der Waals surface area contributed by atoms with Crippen LogP contribution in [0.15, 0.2) is 77.3 Å². The van der Waals surface area contributed by atoms with Crippen molar-refractivity contribution in [2.75, 3.05) is 5.32 Å². The van der Waals surface area contributed by atoms with Gasteiger partial charge in [0.25, 0.3) is 0 Å². The summed E-state index contributed by atoms with van der Waals surface area (Å²) in [6.07, 6.45) is 0. The molecule has 1 amide bonds. The maximum atomic E-state index is 13.1. The van der Waals surface area contributed by atoms with Gasteiger partial charge in [-0.2, -0.15) is 0 Å². The van der Waals surface area contributed by atoms with E-state index in [0.29, 0.717) is 0 Å². The molecule has 0 bridgehead atoms. The third kappa shape index (κ3) is 2.59. The second-order valence-electron chi connectivity index (χ2n) is 5.58. The van der Waals surface area contributed by atoms with Gasteiger partial charge in [-0.25, -0.2) is 0 Å². The van der Waals surface area contributed by atoms with Gasteiger partial charge in [-0.1, -0.05) is 48.5 Å². The molecule has 0 unspecified atom stereocenters. The molecular formula is C20H14BrNO2. The third-order valence-corrected chi connectivity index (χ3v) is 4.77. The molecule has 24 heavy (non-hydrogen) atoms. The lowest BCUT2D eigenvalue weighted by molar-refractivity contribution is -0.116. The smallest absolute Gasteiger partial charge is 0.236 e. The largest absolute Gasteiger partial charge is 0.457 e. The molecule has 0 saturated carbocycles. The Morgan fingerprint density at radius 3 is 2.00 bits per heavy atom. The Kier molecular flexibility index (Phi) is 3.82. The summed E-state index contributed by atoms with van der Waals surface area (Å²) < 4.78 is 6.80. The first kappa shape index (κ1) is 15.0. The Hall–Kier alpha value is -2.59. The molecule has 4 heteroatoms. The van der Waals surface area contributed by atoms with E-state index in [9.17, 15) is 4.79 Å². The monoisotopic (exact) mass is 379 g/mol. The van der Waals surface area contributed by atoms with Crippen molar-refractivity contribution in [2.45, 2.75) is 5.92 Å². The lowest BCUT2D eigenvalue weighted by Gasteiger charge is -2.27. The van der Waals surface area contributed by atoms with E-state index in [1.165, 1.54) is 0 Å². The Morgan fingerprint density at radius 1 is 0.833 bits per heavy atom. The Balaban J connectivity index is 1.77. The highest BCUT2D eigenvalue weighted by atomic mass is 79.9. The number of halogens is 1. The summed E-state index contributed by atoms with van der Waals surface area (Å²) in [6.45, 7) is 0. The van der Waals surface area contributed by atoms with Crippen LogP contribution in [-0.4, -0.2) is 5.91 Å². The molecule has 1 N–H and O–H groups in total. The molecule has 0 saturated heterocycles. The SMILES string of the molecule is O=C(Nc1ccccc1Br)C1c2ccccc2Oc2ccccc21. The fraction of sp³-hybridized carbons (Fsp3) is 0.0500. The maximum Gasteiger partial charge on any atom is 0.236 e. The van der Waals surface area contributed by atoms with Crippen LogP contribution in [0.5, 0.6) is 11.5 Å². The van der Waals surface area contributed by atoms with Crippen LogP contribution in [0, 0.1) is 0 Å². The number of nitrogens with one attached hydrogen (secondary N) is 1. The fourth-order valence-electron chi connectivity index (χ4n) is 2.96. The molecule has 1 aliphatic rings. The van der Waals surface area contributed by atoms with E-state index >= 15 is 0 Å². The minimum Gasteiger partial charge on any atom is -0.457 e. The van der Waals surface area contributed by atoms with Crippen molar-refractivity contribution in [2.24, 2.45) is 0 Å². The minimum atomic E-state index is -0.404. The van der Waals surface area contributed by atoms with Gasteiger partial charge in [0.1, 0.15) is 11.5 Å². The number of carbonyl (C=O) groups is 1. The van der Waals surface area contributed by atoms with Crippen LogP contribution in [0.1, 0.15) is 17.0 Å². The number of amides is 1. The van der Waals surface area contributed by atoms with E-state index in [0.717, 1.165) is 32.8 Å². The van der Waals surface area contributed by atoms with Crippen LogP contribution < -0.4 is 10.1 Å². The predicted molar refractivity (Wildman–Crippen MR) is 97.6 cm³/mol. The van der Waals surface area contributed by atoms with Gasteiger partial charge in [0, 0.05) is 15.6 Å². The van der Waals surface area contributed by atoms with Crippen molar-refractivity contribution in [3.63, 3.8) is 0 Å². The highest BCUT2D eigenvalue weighted by Crippen LogP contribution is 2.44. The van der Waals surface area contributed by atoms with E-state index in [-0.39, 0.29) is 5.91 Å². The van der Waals surface area contributed by atoms with Crippen LogP contribution in [0.4, 0.5) is 5.69 Å². The van der Waals surface area contributed by atoms with E-state index in [1.807, 2.05) is 72.8 Å². The zero-order valence-electron chi connectivity index (χ0n) is 12.7. The van der Waals surface area contributed by atoms with Crippen LogP contribution in [0.25, 0.3) is 0 Å². The molecule has 0 radical (unpaired) electrons. The quantitative estimate of drug-likeness (QED) is 0.653. The lowest BCUT2D eigenvalue weighted by atomic mass is 9.87. The van der Waals surface area contributed by atoms with Gasteiger partial charge in [0.15, 0.2) is 0 Å². The van der Waals surface area contributed by atoms with Crippen molar-refractivity contribution in [1.82, 2.24) is 0 Å². The van der Waals surface area contributed by atoms with Gasteiger partial charge in [-0.15, -0.1) is 0 Å². The summed E-state index contributed by atoms with van der Waals surface area (Å²) in [5, 5.41) is 3.02. The summed E-state index contributed by atoms with van der Waals surface area (Å²) >= 11 is 3.47. The Bertz CT molecular complexity index is 877. The van der Waals surface area contributed by atoms with Gasteiger partial charge in [-0.3, -0.25) is 4.79 Å². The number of hydrogen-bond acceptors (Lipinski definition) is 2. The first-order valence-corrected chi connectivity index (χ1v) is 8.44. The van der Waals surface area contributed by atoms with Crippen LogP contribution in [0.3, 0.4) is 0 Å². The molecule has 1 aliphatic heterocycles. The highest BCUT2D eigenvalue weighted by Gasteiger charge is 2.32. The van der Waals surface area contributed by atoms with E-state index in [1.54, 1.807) is 0 Å². The molecule has 0 aromatic heterocycles. The fourth-order valence-corrected chi connectivity index (χ4v) is 3.34. The molecule has 118 valence electrons. The molecule has 4 rings (SSSR count). The third-order valence-electron chi connectivity index (χ3n) is 4.07. The van der Waals surface area contributed by atoms with Crippen molar-refractivity contribution in [3.8, 4) is 11.5 Å². The van der Waals surface area contributed by atoms with Crippen LogP contribution in [0.2, 0.25) is 0 Å². The van der Waals surface area contributed by atoms with E-state index < -0.39 is 5.92 Å². The summed E-state index contributed by atoms with van der Waals surface area (Å²) in [6, 6.07) is 22.9. The Morgan fingerprint density at radius 2 is 1.38 bits per heavy atom. The zero-order valence-corrected chi connectivity index (χ0v) is 14.3. The van der Waals surface area contributed by atoms with Crippen molar-refractivity contribution >= 4 is 27.5 Å². The molecule has 3 nitrogen and oxygen atoms in total. The molecule has 3 aromatic carbocycles. The van der Waals surface area contributed by atoms with Gasteiger partial charge < -0.3 is 10.1 Å². The molecule has 0 spiro atoms. The summed E-state index contributed by atoms with van der Waals surface area (Å²) in [4.78, 5) is 13.1. The number of para-hydroxylation sites is 3. The number of hydrogen-bond donors (Lipinski definition) is 1. The van der Waals surface area contributed by atoms with Crippen molar-refractivity contribution in [1.29, 1.82) is 0 Å². The average molecular weight is 380 g/mol. The number of anilines is 1. The van der Waals surface area contributed by atoms with Crippen LogP contribution >= 0.6 is 15.9 Å². The second kappa shape index (κ2) is 6.13. The zero-order chi connectivity index (χ0) is 16.5. The predicted octanol–water partition coefficient (Wildman–Crippen LogP) is 5.33. The van der Waals surface area contributed by atoms with E-state index in [4.69, 9.17) is 4.74 Å². The molecule has 0 aliphatic carbocycles. The van der Waals surface area contributed by atoms with Crippen molar-refractivity contribution < 1.29 is 9.53 Å². The number of ether oxygens (including phenoxy) is 1. The van der Waals surface area contributed by atoms with Crippen LogP contribution in [-0.2, 0) is 4.79 Å². The second-order valence-corrected chi connectivity index (χ2v) is 6.43. The van der Waals surface area contributed by atoms with Gasteiger partial charge in [0.2, 0.25) is 5.91 Å². The molecule has 0 fully saturated rings. The number of benzene rings is 3. The number of fused-ring (bicyclic) bond motifs is 2. The summed E-state index contributed by atoms with van der Waals surface area (Å²) in [7, 11) is 0. The first-order valence-electron chi connectivity index (χ1n) is 7.65. The molecule has 0 atom stereocenters. The molecule has 1 heterocycles. The normalized spacial score (nSPS) is 12.7. The first-order chi connectivity index (χ1) is 11.7. The topological polar surface area (TPSA) is 38.3 Å². The minimum absolute atomic E-state index is 0.0786. The number of carbonyl (C=O) groups excluding carboxylic acids is 1. The summed E-state index contributed by atoms with van der Waals surface area (Å²) in [5.41, 5.74) is 2.51. The summed E-state index contributed by atoms with van der Waals surface area (Å²) in [5.74, 6) is 0.968. The molecule has 3 aromatic rings. The van der Waals surface area contributed by atoms with E-state index in [2.05, 4.69) is 21.2 Å². The standard InChI is InChI=1S/C20H14BrNO2/c21-15-9-3-4-10-16(15)22-20(23)19-13-7-1-5-11-17(13)24-18-12-6-2-8-14(18)19/h1-12,19H,(H,22,23). The highest BCUT2D eigenvalue weighted by molar-refractivity contribution is 9.10. The lowest BCUT2D eigenvalue weighted by Crippen LogP contribution is -2.25. The average Bonchev–Trinajstić information content (AvgIpc) is 2.61. The van der Waals surface area contributed by atoms with Gasteiger partial charge in [0.05, 0.1) is 11.6 Å².